The monoisotopic (exact) mass is 517 g/mol. The third kappa shape index (κ3) is 3.24. The second-order valence-electron chi connectivity index (χ2n) is 7.09. The number of non-ortho nitro benzene ring substituents is 1. The fourth-order valence-corrected chi connectivity index (χ4v) is 6.80. The zero-order valence-corrected chi connectivity index (χ0v) is 18.7. The Hall–Kier alpha value is -2.76. The van der Waals surface area contributed by atoms with Crippen molar-refractivity contribution in [2.24, 2.45) is 5.92 Å². The van der Waals surface area contributed by atoms with Gasteiger partial charge in [-0.3, -0.25) is 24.5 Å². The number of nitrogens with one attached hydrogen (secondary N) is 1. The number of carbonyl (C=O) groups excluding carboxylic acids is 2. The SMILES string of the molecule is O=C1[C@H]2[C@@H](c3ccc([N+](=O)[O-])cc3)c3sc(=O)[nH]c3S[C@H]2C(=O)N1c1ccc(Br)cc1. The molecule has 3 atom stereocenters. The van der Waals surface area contributed by atoms with Gasteiger partial charge in [0.05, 0.1) is 21.6 Å². The van der Waals surface area contributed by atoms with Gasteiger partial charge in [0.2, 0.25) is 11.8 Å². The van der Waals surface area contributed by atoms with Crippen molar-refractivity contribution in [3.05, 3.63) is 83.2 Å². The summed E-state index contributed by atoms with van der Waals surface area (Å²) in [5, 5.41) is 10.9. The highest BCUT2D eigenvalue weighted by molar-refractivity contribution is 9.10. The number of halogens is 1. The van der Waals surface area contributed by atoms with Gasteiger partial charge in [-0.15, -0.1) is 0 Å². The lowest BCUT2D eigenvalue weighted by atomic mass is 9.83. The van der Waals surface area contributed by atoms with Crippen LogP contribution in [0.25, 0.3) is 0 Å². The number of fused-ring (bicyclic) bond motifs is 2. The van der Waals surface area contributed by atoms with Gasteiger partial charge in [0, 0.05) is 27.4 Å². The summed E-state index contributed by atoms with van der Waals surface area (Å²) in [4.78, 5) is 53.7. The van der Waals surface area contributed by atoms with Gasteiger partial charge in [0.1, 0.15) is 5.25 Å². The molecule has 3 aromatic rings. The first kappa shape index (κ1) is 20.2. The quantitative estimate of drug-likeness (QED) is 0.320. The zero-order valence-electron chi connectivity index (χ0n) is 15.5. The van der Waals surface area contributed by atoms with Gasteiger partial charge in [-0.1, -0.05) is 51.2 Å². The van der Waals surface area contributed by atoms with Crippen LogP contribution in [-0.4, -0.2) is 27.0 Å². The molecular formula is C20H12BrN3O5S2. The average Bonchev–Trinajstić information content (AvgIpc) is 3.24. The molecule has 2 aliphatic rings. The number of imide groups is 1. The number of thioether (sulfide) groups is 1. The molecule has 1 fully saturated rings. The number of H-pyrrole nitrogens is 1. The molecule has 3 heterocycles. The summed E-state index contributed by atoms with van der Waals surface area (Å²) in [6, 6.07) is 12.8. The van der Waals surface area contributed by atoms with Gasteiger partial charge in [-0.05, 0) is 29.8 Å². The maximum Gasteiger partial charge on any atom is 0.305 e. The number of nitro benzene ring substituents is 1. The third-order valence-electron chi connectivity index (χ3n) is 5.37. The number of amides is 2. The highest BCUT2D eigenvalue weighted by Crippen LogP contribution is 2.53. The van der Waals surface area contributed by atoms with Crippen molar-refractivity contribution in [1.82, 2.24) is 4.98 Å². The second kappa shape index (κ2) is 7.43. The Morgan fingerprint density at radius 2 is 1.68 bits per heavy atom. The minimum absolute atomic E-state index is 0.0710. The van der Waals surface area contributed by atoms with Gasteiger partial charge in [0.25, 0.3) is 5.69 Å². The van der Waals surface area contributed by atoms with E-state index in [2.05, 4.69) is 20.9 Å². The molecule has 5 rings (SSSR count). The maximum absolute atomic E-state index is 13.5. The molecule has 0 unspecified atom stereocenters. The summed E-state index contributed by atoms with van der Waals surface area (Å²) in [5.74, 6) is -1.96. The Balaban J connectivity index is 1.63. The van der Waals surface area contributed by atoms with Crippen LogP contribution in [-0.2, 0) is 9.59 Å². The first-order valence-electron chi connectivity index (χ1n) is 9.12. The molecule has 1 saturated heterocycles. The van der Waals surface area contributed by atoms with Gasteiger partial charge in [-0.2, -0.15) is 0 Å². The van der Waals surface area contributed by atoms with Crippen molar-refractivity contribution in [2.45, 2.75) is 16.2 Å². The van der Waals surface area contributed by atoms with E-state index >= 15 is 0 Å². The number of rotatable bonds is 3. The van der Waals surface area contributed by atoms with Crippen molar-refractivity contribution >= 4 is 62.2 Å². The highest BCUT2D eigenvalue weighted by atomic mass is 79.9. The summed E-state index contributed by atoms with van der Waals surface area (Å²) < 4.78 is 0.825. The Morgan fingerprint density at radius 3 is 2.32 bits per heavy atom. The normalized spacial score (nSPS) is 22.4. The summed E-state index contributed by atoms with van der Waals surface area (Å²) in [5.41, 5.74) is 1.06. The number of benzene rings is 2. The number of aromatic nitrogens is 1. The van der Waals surface area contributed by atoms with Crippen molar-refractivity contribution in [1.29, 1.82) is 0 Å². The van der Waals surface area contributed by atoms with Gasteiger partial charge >= 0.3 is 4.87 Å². The molecule has 2 aromatic carbocycles. The molecule has 8 nitrogen and oxygen atoms in total. The second-order valence-corrected chi connectivity index (χ2v) is 10.2. The molecule has 1 aromatic heterocycles. The van der Waals surface area contributed by atoms with Crippen LogP contribution in [0.4, 0.5) is 11.4 Å². The minimum Gasteiger partial charge on any atom is -0.307 e. The molecule has 0 spiro atoms. The molecule has 2 amide bonds. The molecule has 156 valence electrons. The van der Waals surface area contributed by atoms with Crippen molar-refractivity contribution in [3.63, 3.8) is 0 Å². The maximum atomic E-state index is 13.5. The Kier molecular flexibility index (Phi) is 4.83. The molecule has 0 radical (unpaired) electrons. The van der Waals surface area contributed by atoms with Crippen LogP contribution in [0.3, 0.4) is 0 Å². The molecular weight excluding hydrogens is 506 g/mol. The number of aromatic amines is 1. The fourth-order valence-electron chi connectivity index (χ4n) is 4.02. The largest absolute Gasteiger partial charge is 0.307 e. The number of carbonyl (C=O) groups is 2. The first-order valence-corrected chi connectivity index (χ1v) is 11.6. The van der Waals surface area contributed by atoms with Crippen LogP contribution in [0, 0.1) is 16.0 Å². The molecule has 11 heteroatoms. The lowest BCUT2D eigenvalue weighted by molar-refractivity contribution is -0.384. The number of hydrogen-bond acceptors (Lipinski definition) is 7. The molecule has 31 heavy (non-hydrogen) atoms. The van der Waals surface area contributed by atoms with Crippen LogP contribution < -0.4 is 9.77 Å². The average molecular weight is 518 g/mol. The molecule has 0 aliphatic carbocycles. The Labute approximate surface area is 191 Å². The van der Waals surface area contributed by atoms with Crippen molar-refractivity contribution < 1.29 is 14.5 Å². The molecule has 2 aliphatic heterocycles. The molecule has 0 saturated carbocycles. The van der Waals surface area contributed by atoms with Gasteiger partial charge in [-0.25, -0.2) is 4.90 Å². The topological polar surface area (TPSA) is 113 Å². The van der Waals surface area contributed by atoms with Gasteiger partial charge in [0.15, 0.2) is 0 Å². The molecule has 1 N–H and O–H groups in total. The van der Waals surface area contributed by atoms with Gasteiger partial charge < -0.3 is 4.98 Å². The van der Waals surface area contributed by atoms with E-state index in [0.717, 1.165) is 15.8 Å². The van der Waals surface area contributed by atoms with E-state index in [9.17, 15) is 24.5 Å². The van der Waals surface area contributed by atoms with E-state index in [4.69, 9.17) is 0 Å². The Morgan fingerprint density at radius 1 is 1.00 bits per heavy atom. The van der Waals surface area contributed by atoms with E-state index in [1.165, 1.54) is 28.8 Å². The smallest absolute Gasteiger partial charge is 0.305 e. The number of nitro groups is 1. The van der Waals surface area contributed by atoms with Crippen LogP contribution >= 0.6 is 39.0 Å². The van der Waals surface area contributed by atoms with Crippen LogP contribution in [0.2, 0.25) is 0 Å². The third-order valence-corrected chi connectivity index (χ3v) is 8.30. The minimum atomic E-state index is -0.721. The standard InChI is InChI=1S/C20H12BrN3O5S2/c21-10-3-7-11(8-4-10)23-18(25)14-13(9-1-5-12(6-2-9)24(28)29)15-17(22-20(27)31-15)30-16(14)19(23)26/h1-8,13-14,16H,(H,22,27)/t13-,14+,16-/m1/s1. The lowest BCUT2D eigenvalue weighted by Gasteiger charge is -2.29. The summed E-state index contributed by atoms with van der Waals surface area (Å²) >= 11 is 5.54. The fraction of sp³-hybridized carbons (Fsp3) is 0.150. The van der Waals surface area contributed by atoms with Crippen molar-refractivity contribution in [3.8, 4) is 0 Å². The first-order chi connectivity index (χ1) is 14.8. The van der Waals surface area contributed by atoms with E-state index in [0.29, 0.717) is 21.2 Å². The number of anilines is 1. The highest BCUT2D eigenvalue weighted by Gasteiger charge is 2.56. The van der Waals surface area contributed by atoms with E-state index in [1.807, 2.05) is 0 Å². The van der Waals surface area contributed by atoms with Crippen LogP contribution in [0.1, 0.15) is 16.4 Å². The van der Waals surface area contributed by atoms with E-state index in [1.54, 1.807) is 36.4 Å². The Bertz CT molecular complexity index is 1290. The lowest BCUT2D eigenvalue weighted by Crippen LogP contribution is -2.32. The number of nitrogens with zero attached hydrogens (tertiary/aromatic N) is 2. The number of hydrogen-bond donors (Lipinski definition) is 1. The summed E-state index contributed by atoms with van der Waals surface area (Å²) in [6.45, 7) is 0. The predicted molar refractivity (Wildman–Crippen MR) is 120 cm³/mol. The summed E-state index contributed by atoms with van der Waals surface area (Å²) in [6.07, 6.45) is 0. The van der Waals surface area contributed by atoms with Crippen LogP contribution in [0.5, 0.6) is 0 Å². The van der Waals surface area contributed by atoms with E-state index < -0.39 is 22.0 Å². The van der Waals surface area contributed by atoms with Crippen LogP contribution in [0.15, 0.2) is 62.8 Å². The summed E-state index contributed by atoms with van der Waals surface area (Å²) in [7, 11) is 0. The molecule has 0 bridgehead atoms. The number of thiazole rings is 1. The van der Waals surface area contributed by atoms with Crippen molar-refractivity contribution in [2.75, 3.05) is 4.90 Å². The predicted octanol–water partition coefficient (Wildman–Crippen LogP) is 3.90. The van der Waals surface area contributed by atoms with E-state index in [-0.39, 0.29) is 22.4 Å². The zero-order chi connectivity index (χ0) is 21.9.